The van der Waals surface area contributed by atoms with Crippen molar-refractivity contribution < 1.29 is 9.53 Å². The summed E-state index contributed by atoms with van der Waals surface area (Å²) in [6.45, 7) is 3.00. The number of hydrogen-bond donors (Lipinski definition) is 1. The summed E-state index contributed by atoms with van der Waals surface area (Å²) < 4.78 is 7.27. The second-order valence-electron chi connectivity index (χ2n) is 7.64. The van der Waals surface area contributed by atoms with Crippen molar-refractivity contribution in [3.05, 3.63) is 56.7 Å². The molecule has 1 unspecified atom stereocenters. The molecule has 160 valence electrons. The van der Waals surface area contributed by atoms with Gasteiger partial charge in [0.2, 0.25) is 5.95 Å². The van der Waals surface area contributed by atoms with E-state index in [1.807, 2.05) is 17.0 Å². The van der Waals surface area contributed by atoms with Crippen LogP contribution < -0.4 is 16.2 Å². The molecule has 0 radical (unpaired) electrons. The third-order valence-corrected chi connectivity index (χ3v) is 6.37. The van der Waals surface area contributed by atoms with Gasteiger partial charge in [-0.15, -0.1) is 11.3 Å². The smallest absolute Gasteiger partial charge is 0.302 e. The van der Waals surface area contributed by atoms with Crippen molar-refractivity contribution in [3.63, 3.8) is 0 Å². The van der Waals surface area contributed by atoms with Crippen LogP contribution in [0.15, 0.2) is 34.4 Å². The average Bonchev–Trinajstić information content (AvgIpc) is 3.17. The Bertz CT molecular complexity index is 1230. The fraction of sp³-hybridized carbons (Fsp3) is 0.364. The van der Waals surface area contributed by atoms with E-state index in [1.54, 1.807) is 22.1 Å². The van der Waals surface area contributed by atoms with E-state index in [9.17, 15) is 14.9 Å². The van der Waals surface area contributed by atoms with Crippen LogP contribution >= 0.6 is 11.3 Å². The molecule has 0 bridgehead atoms. The summed E-state index contributed by atoms with van der Waals surface area (Å²) in [6, 6.07) is 9.44. The maximum Gasteiger partial charge on any atom is 0.302 e. The van der Waals surface area contributed by atoms with Gasteiger partial charge in [0.25, 0.3) is 5.56 Å². The maximum atomic E-state index is 13.5. The topological polar surface area (TPSA) is 114 Å². The second-order valence-corrected chi connectivity index (χ2v) is 8.52. The number of thiophene rings is 1. The Balaban J connectivity index is 1.85. The summed E-state index contributed by atoms with van der Waals surface area (Å²) in [5.74, 6) is 0.144. The van der Waals surface area contributed by atoms with Gasteiger partial charge in [-0.1, -0.05) is 18.2 Å². The van der Waals surface area contributed by atoms with Crippen molar-refractivity contribution in [2.45, 2.75) is 39.0 Å². The minimum absolute atomic E-state index is 0.00388. The van der Waals surface area contributed by atoms with Gasteiger partial charge in [-0.05, 0) is 24.5 Å². The fourth-order valence-corrected chi connectivity index (χ4v) is 4.77. The van der Waals surface area contributed by atoms with Gasteiger partial charge in [0.15, 0.2) is 0 Å². The highest BCUT2D eigenvalue weighted by molar-refractivity contribution is 7.17. The summed E-state index contributed by atoms with van der Waals surface area (Å²) in [7, 11) is 0. The largest absolute Gasteiger partial charge is 0.461 e. The average molecular weight is 438 g/mol. The first-order chi connectivity index (χ1) is 15.0. The number of aromatic nitrogens is 2. The van der Waals surface area contributed by atoms with Crippen LogP contribution in [0.5, 0.6) is 0 Å². The zero-order valence-corrected chi connectivity index (χ0v) is 18.0. The predicted octanol–water partition coefficient (Wildman–Crippen LogP) is 2.37. The molecule has 3 aromatic rings. The number of carbonyl (C=O) groups excluding carboxylic acids is 1. The molecule has 0 spiro atoms. The van der Waals surface area contributed by atoms with E-state index in [0.29, 0.717) is 33.8 Å². The zero-order valence-electron chi connectivity index (χ0n) is 17.2. The number of hydrogen-bond acceptors (Lipinski definition) is 8. The van der Waals surface area contributed by atoms with Crippen LogP contribution in [0, 0.1) is 11.3 Å². The Labute approximate surface area is 183 Å². The van der Waals surface area contributed by atoms with Crippen LogP contribution in [0.4, 0.5) is 5.95 Å². The lowest BCUT2D eigenvalue weighted by atomic mass is 10.1. The van der Waals surface area contributed by atoms with E-state index in [2.05, 4.69) is 6.07 Å². The van der Waals surface area contributed by atoms with Crippen LogP contribution in [0.25, 0.3) is 10.2 Å². The van der Waals surface area contributed by atoms with Crippen LogP contribution in [-0.2, 0) is 22.7 Å². The van der Waals surface area contributed by atoms with Gasteiger partial charge in [0.1, 0.15) is 11.3 Å². The molecule has 1 aliphatic rings. The van der Waals surface area contributed by atoms with E-state index >= 15 is 0 Å². The van der Waals surface area contributed by atoms with E-state index < -0.39 is 0 Å². The number of esters is 1. The molecule has 1 atom stereocenters. The van der Waals surface area contributed by atoms with E-state index in [0.717, 1.165) is 24.9 Å². The first-order valence-corrected chi connectivity index (χ1v) is 11.0. The molecule has 31 heavy (non-hydrogen) atoms. The van der Waals surface area contributed by atoms with Crippen LogP contribution in [0.2, 0.25) is 0 Å². The Morgan fingerprint density at radius 1 is 1.39 bits per heavy atom. The molecule has 2 N–H and O–H groups in total. The van der Waals surface area contributed by atoms with Crippen molar-refractivity contribution in [3.8, 4) is 6.07 Å². The number of benzene rings is 1. The third-order valence-electron chi connectivity index (χ3n) is 5.37. The fourth-order valence-electron chi connectivity index (χ4n) is 3.83. The van der Waals surface area contributed by atoms with Gasteiger partial charge in [-0.2, -0.15) is 5.26 Å². The molecule has 0 amide bonds. The number of nitriles is 1. The molecule has 1 saturated heterocycles. The third kappa shape index (κ3) is 4.31. The number of fused-ring (bicyclic) bond motifs is 1. The maximum absolute atomic E-state index is 13.5. The van der Waals surface area contributed by atoms with Crippen molar-refractivity contribution in [1.29, 1.82) is 5.26 Å². The lowest BCUT2D eigenvalue weighted by Crippen LogP contribution is -2.45. The molecule has 0 aliphatic carbocycles. The second kappa shape index (κ2) is 8.88. The summed E-state index contributed by atoms with van der Waals surface area (Å²) in [5.41, 5.74) is 8.56. The number of piperidine rings is 1. The predicted molar refractivity (Wildman–Crippen MR) is 119 cm³/mol. The number of anilines is 1. The number of ether oxygens (including phenoxy) is 1. The molecule has 2 aromatic heterocycles. The SMILES string of the molecule is CC(=O)OCc1csc2c(=O)n(Cc3ccccc3C#N)c(N3CCCC(N)C3)nc12. The van der Waals surface area contributed by atoms with Crippen molar-refractivity contribution in [2.75, 3.05) is 18.0 Å². The molecule has 1 aromatic carbocycles. The number of nitrogens with zero attached hydrogens (tertiary/aromatic N) is 4. The molecular formula is C22H23N5O3S. The quantitative estimate of drug-likeness (QED) is 0.610. The lowest BCUT2D eigenvalue weighted by Gasteiger charge is -2.33. The summed E-state index contributed by atoms with van der Waals surface area (Å²) in [6.07, 6.45) is 1.84. The Morgan fingerprint density at radius 2 is 2.19 bits per heavy atom. The minimum Gasteiger partial charge on any atom is -0.461 e. The van der Waals surface area contributed by atoms with Gasteiger partial charge in [-0.3, -0.25) is 14.2 Å². The van der Waals surface area contributed by atoms with Gasteiger partial charge in [0.05, 0.1) is 23.7 Å². The molecule has 4 rings (SSSR count). The number of rotatable bonds is 5. The zero-order chi connectivity index (χ0) is 22.0. The highest BCUT2D eigenvalue weighted by Gasteiger charge is 2.24. The lowest BCUT2D eigenvalue weighted by molar-refractivity contribution is -0.142. The van der Waals surface area contributed by atoms with E-state index in [-0.39, 0.29) is 30.7 Å². The standard InChI is InChI=1S/C22H23N5O3S/c1-14(28)30-12-17-13-31-20-19(17)25-22(26-8-4-7-18(24)11-26)27(21(20)29)10-16-6-3-2-5-15(16)9-23/h2-3,5-6,13,18H,4,7-8,10-12,24H2,1H3. The van der Waals surface area contributed by atoms with E-state index in [4.69, 9.17) is 15.5 Å². The highest BCUT2D eigenvalue weighted by atomic mass is 32.1. The van der Waals surface area contributed by atoms with Crippen LogP contribution in [-0.4, -0.2) is 34.7 Å². The van der Waals surface area contributed by atoms with Crippen molar-refractivity contribution in [2.24, 2.45) is 5.73 Å². The summed E-state index contributed by atoms with van der Waals surface area (Å²) >= 11 is 1.29. The minimum atomic E-state index is -0.386. The Morgan fingerprint density at radius 3 is 2.94 bits per heavy atom. The number of nitrogens with two attached hydrogens (primary N) is 1. The number of carbonyl (C=O) groups is 1. The van der Waals surface area contributed by atoms with E-state index in [1.165, 1.54) is 18.3 Å². The molecule has 1 aliphatic heterocycles. The molecule has 1 fully saturated rings. The van der Waals surface area contributed by atoms with Gasteiger partial charge >= 0.3 is 5.97 Å². The summed E-state index contributed by atoms with van der Waals surface area (Å²) in [4.78, 5) is 31.7. The molecular weight excluding hydrogens is 414 g/mol. The Hall–Kier alpha value is -3.22. The molecule has 8 nitrogen and oxygen atoms in total. The van der Waals surface area contributed by atoms with Crippen molar-refractivity contribution >= 4 is 33.5 Å². The van der Waals surface area contributed by atoms with Gasteiger partial charge in [0, 0.05) is 37.0 Å². The normalized spacial score (nSPS) is 16.3. The first kappa shape index (κ1) is 21.0. The molecule has 3 heterocycles. The van der Waals surface area contributed by atoms with Gasteiger partial charge < -0.3 is 15.4 Å². The van der Waals surface area contributed by atoms with Crippen molar-refractivity contribution in [1.82, 2.24) is 9.55 Å². The summed E-state index contributed by atoms with van der Waals surface area (Å²) in [5, 5.41) is 11.3. The van der Waals surface area contributed by atoms with Crippen LogP contribution in [0.1, 0.15) is 36.5 Å². The molecule has 0 saturated carbocycles. The van der Waals surface area contributed by atoms with Crippen LogP contribution in [0.3, 0.4) is 0 Å². The monoisotopic (exact) mass is 437 g/mol. The highest BCUT2D eigenvalue weighted by Crippen LogP contribution is 2.27. The van der Waals surface area contributed by atoms with Gasteiger partial charge in [-0.25, -0.2) is 4.98 Å². The molecule has 9 heteroatoms. The Kier molecular flexibility index (Phi) is 6.02. The first-order valence-electron chi connectivity index (χ1n) is 10.1.